The average molecular weight is 351 g/mol. The van der Waals surface area contributed by atoms with E-state index < -0.39 is 17.6 Å². The van der Waals surface area contributed by atoms with Gasteiger partial charge in [0.05, 0.1) is 15.8 Å². The Bertz CT molecular complexity index is 888. The fourth-order valence-electron chi connectivity index (χ4n) is 2.09. The van der Waals surface area contributed by atoms with Crippen LogP contribution in [0, 0.1) is 0 Å². The van der Waals surface area contributed by atoms with Crippen molar-refractivity contribution in [2.75, 3.05) is 5.73 Å². The molecule has 0 aliphatic rings. The van der Waals surface area contributed by atoms with E-state index >= 15 is 0 Å². The second-order valence-corrected chi connectivity index (χ2v) is 6.15. The van der Waals surface area contributed by atoms with Crippen molar-refractivity contribution < 1.29 is 18.0 Å². The zero-order valence-electron chi connectivity index (χ0n) is 12.2. The molecule has 1 heterocycles. The van der Waals surface area contributed by atoms with Gasteiger partial charge in [-0.1, -0.05) is 12.1 Å². The Morgan fingerprint density at radius 1 is 1.17 bits per heavy atom. The summed E-state index contributed by atoms with van der Waals surface area (Å²) in [6, 6.07) is 10.3. The van der Waals surface area contributed by atoms with Gasteiger partial charge in [0.1, 0.15) is 0 Å². The van der Waals surface area contributed by atoms with E-state index in [1.54, 1.807) is 24.3 Å². The SMILES string of the molecule is Nc1ccc(CNC(=O)c2nc3cc(C(F)(F)F)ccc3s2)cc1. The predicted octanol–water partition coefficient (Wildman–Crippen LogP) is 3.83. The first-order chi connectivity index (χ1) is 11.3. The highest BCUT2D eigenvalue weighted by molar-refractivity contribution is 7.20. The summed E-state index contributed by atoms with van der Waals surface area (Å²) in [5.41, 5.74) is 6.44. The summed E-state index contributed by atoms with van der Waals surface area (Å²) in [7, 11) is 0. The molecule has 0 atom stereocenters. The van der Waals surface area contributed by atoms with E-state index in [2.05, 4.69) is 10.3 Å². The van der Waals surface area contributed by atoms with E-state index in [9.17, 15) is 18.0 Å². The van der Waals surface area contributed by atoms with E-state index in [0.717, 1.165) is 29.0 Å². The molecule has 0 aliphatic carbocycles. The van der Waals surface area contributed by atoms with Crippen LogP contribution in [0.25, 0.3) is 10.2 Å². The van der Waals surface area contributed by atoms with Crippen LogP contribution in [-0.4, -0.2) is 10.9 Å². The zero-order valence-corrected chi connectivity index (χ0v) is 13.0. The Kier molecular flexibility index (Phi) is 4.15. The molecule has 1 amide bonds. The predicted molar refractivity (Wildman–Crippen MR) is 86.6 cm³/mol. The van der Waals surface area contributed by atoms with Crippen LogP contribution in [0.2, 0.25) is 0 Å². The molecule has 0 saturated carbocycles. The molecule has 4 nitrogen and oxygen atoms in total. The van der Waals surface area contributed by atoms with Crippen LogP contribution < -0.4 is 11.1 Å². The first-order valence-electron chi connectivity index (χ1n) is 6.93. The summed E-state index contributed by atoms with van der Waals surface area (Å²) in [6.07, 6.45) is -4.44. The highest BCUT2D eigenvalue weighted by Gasteiger charge is 2.31. The quantitative estimate of drug-likeness (QED) is 0.705. The topological polar surface area (TPSA) is 68.0 Å². The van der Waals surface area contributed by atoms with Crippen LogP contribution >= 0.6 is 11.3 Å². The summed E-state index contributed by atoms with van der Waals surface area (Å²) < 4.78 is 38.6. The third-order valence-electron chi connectivity index (χ3n) is 3.34. The van der Waals surface area contributed by atoms with Gasteiger partial charge in [0.2, 0.25) is 0 Å². The van der Waals surface area contributed by atoms with E-state index in [0.29, 0.717) is 10.4 Å². The van der Waals surface area contributed by atoms with Gasteiger partial charge >= 0.3 is 6.18 Å². The standard InChI is InChI=1S/C16H12F3N3OS/c17-16(18,19)10-3-6-13-12(7-10)22-15(24-13)14(23)21-8-9-1-4-11(20)5-2-9/h1-7H,8,20H2,(H,21,23). The van der Waals surface area contributed by atoms with E-state index in [1.165, 1.54) is 6.07 Å². The van der Waals surface area contributed by atoms with Crippen LogP contribution in [0.4, 0.5) is 18.9 Å². The van der Waals surface area contributed by atoms with Gasteiger partial charge in [0, 0.05) is 12.2 Å². The molecule has 0 saturated heterocycles. The lowest BCUT2D eigenvalue weighted by Crippen LogP contribution is -2.22. The number of benzene rings is 2. The monoisotopic (exact) mass is 351 g/mol. The second kappa shape index (κ2) is 6.12. The highest BCUT2D eigenvalue weighted by atomic mass is 32.1. The van der Waals surface area contributed by atoms with Gasteiger partial charge in [0.15, 0.2) is 5.01 Å². The molecule has 3 rings (SSSR count). The Balaban J connectivity index is 1.76. The number of anilines is 1. The van der Waals surface area contributed by atoms with Crippen molar-refractivity contribution in [3.63, 3.8) is 0 Å². The Morgan fingerprint density at radius 2 is 1.88 bits per heavy atom. The van der Waals surface area contributed by atoms with E-state index in [4.69, 9.17) is 5.73 Å². The maximum Gasteiger partial charge on any atom is 0.416 e. The number of aromatic nitrogens is 1. The number of hydrogen-bond acceptors (Lipinski definition) is 4. The number of nitrogens with one attached hydrogen (secondary N) is 1. The molecule has 24 heavy (non-hydrogen) atoms. The lowest BCUT2D eigenvalue weighted by atomic mass is 10.2. The number of carbonyl (C=O) groups is 1. The number of hydrogen-bond donors (Lipinski definition) is 2. The van der Waals surface area contributed by atoms with Crippen molar-refractivity contribution in [2.24, 2.45) is 0 Å². The van der Waals surface area contributed by atoms with Gasteiger partial charge in [-0.2, -0.15) is 13.2 Å². The minimum Gasteiger partial charge on any atom is -0.399 e. The smallest absolute Gasteiger partial charge is 0.399 e. The summed E-state index contributed by atoms with van der Waals surface area (Å²) in [6.45, 7) is 0.281. The molecular formula is C16H12F3N3OS. The van der Waals surface area contributed by atoms with Crippen molar-refractivity contribution >= 4 is 33.1 Å². The summed E-state index contributed by atoms with van der Waals surface area (Å²) in [5, 5.41) is 2.81. The van der Waals surface area contributed by atoms with Crippen LogP contribution in [0.5, 0.6) is 0 Å². The lowest BCUT2D eigenvalue weighted by molar-refractivity contribution is -0.137. The number of alkyl halides is 3. The molecule has 0 fully saturated rings. The number of nitrogens with zero attached hydrogens (tertiary/aromatic N) is 1. The van der Waals surface area contributed by atoms with Crippen LogP contribution in [0.15, 0.2) is 42.5 Å². The average Bonchev–Trinajstić information content (AvgIpc) is 2.96. The molecule has 3 N–H and O–H groups in total. The molecule has 1 aromatic heterocycles. The van der Waals surface area contributed by atoms with Gasteiger partial charge in [-0.15, -0.1) is 11.3 Å². The van der Waals surface area contributed by atoms with E-state index in [1.807, 2.05) is 0 Å². The van der Waals surface area contributed by atoms with Gasteiger partial charge in [0.25, 0.3) is 5.91 Å². The number of fused-ring (bicyclic) bond motifs is 1. The number of halogens is 3. The molecule has 8 heteroatoms. The first-order valence-corrected chi connectivity index (χ1v) is 7.75. The minimum atomic E-state index is -4.44. The van der Waals surface area contributed by atoms with Gasteiger partial charge in [-0.3, -0.25) is 4.79 Å². The molecule has 3 aromatic rings. The van der Waals surface area contributed by atoms with Gasteiger partial charge < -0.3 is 11.1 Å². The number of carbonyl (C=O) groups excluding carboxylic acids is 1. The van der Waals surface area contributed by atoms with Crippen molar-refractivity contribution in [3.8, 4) is 0 Å². The maximum atomic E-state index is 12.7. The minimum absolute atomic E-state index is 0.125. The van der Waals surface area contributed by atoms with Crippen molar-refractivity contribution in [1.82, 2.24) is 10.3 Å². The summed E-state index contributed by atoms with van der Waals surface area (Å²) in [4.78, 5) is 16.1. The molecule has 0 bridgehead atoms. The number of amides is 1. The number of nitrogen functional groups attached to an aromatic ring is 1. The lowest BCUT2D eigenvalue weighted by Gasteiger charge is -2.04. The maximum absolute atomic E-state index is 12.7. The Morgan fingerprint density at radius 3 is 2.54 bits per heavy atom. The fourth-order valence-corrected chi connectivity index (χ4v) is 2.96. The molecule has 2 aromatic carbocycles. The molecule has 0 aliphatic heterocycles. The molecule has 0 spiro atoms. The fraction of sp³-hybridized carbons (Fsp3) is 0.125. The second-order valence-electron chi connectivity index (χ2n) is 5.12. The zero-order chi connectivity index (χ0) is 17.3. The number of nitrogens with two attached hydrogens (primary N) is 1. The molecule has 124 valence electrons. The molecular weight excluding hydrogens is 339 g/mol. The summed E-state index contributed by atoms with van der Waals surface area (Å²) in [5.74, 6) is -0.429. The summed E-state index contributed by atoms with van der Waals surface area (Å²) >= 11 is 1.05. The van der Waals surface area contributed by atoms with Gasteiger partial charge in [-0.05, 0) is 35.9 Å². The third kappa shape index (κ3) is 3.48. The van der Waals surface area contributed by atoms with E-state index in [-0.39, 0.29) is 17.1 Å². The first kappa shape index (κ1) is 16.3. The van der Waals surface area contributed by atoms with Crippen molar-refractivity contribution in [1.29, 1.82) is 0 Å². The largest absolute Gasteiger partial charge is 0.416 e. The van der Waals surface area contributed by atoms with Gasteiger partial charge in [-0.25, -0.2) is 4.98 Å². The number of rotatable bonds is 3. The van der Waals surface area contributed by atoms with Crippen LogP contribution in [-0.2, 0) is 12.7 Å². The Labute approximate surface area is 139 Å². The van der Waals surface area contributed by atoms with Crippen LogP contribution in [0.3, 0.4) is 0 Å². The van der Waals surface area contributed by atoms with Crippen molar-refractivity contribution in [2.45, 2.75) is 12.7 Å². The number of thiazole rings is 1. The third-order valence-corrected chi connectivity index (χ3v) is 4.38. The highest BCUT2D eigenvalue weighted by Crippen LogP contribution is 2.32. The van der Waals surface area contributed by atoms with Crippen LogP contribution in [0.1, 0.15) is 20.9 Å². The molecule has 0 radical (unpaired) electrons. The molecule has 0 unspecified atom stereocenters. The Hall–Kier alpha value is -2.61. The normalized spacial score (nSPS) is 11.6. The van der Waals surface area contributed by atoms with Crippen molar-refractivity contribution in [3.05, 3.63) is 58.6 Å².